The Morgan fingerprint density at radius 1 is 1.29 bits per heavy atom. The second-order valence-corrected chi connectivity index (χ2v) is 6.98. The third kappa shape index (κ3) is 4.24. The molecule has 2 aromatic rings. The van der Waals surface area contributed by atoms with E-state index in [1.54, 1.807) is 9.58 Å². The zero-order valence-corrected chi connectivity index (χ0v) is 16.9. The lowest BCUT2D eigenvalue weighted by Gasteiger charge is -2.32. The number of aromatic nitrogens is 4. The molecule has 0 saturated carbocycles. The van der Waals surface area contributed by atoms with E-state index in [0.29, 0.717) is 44.0 Å². The van der Waals surface area contributed by atoms with Gasteiger partial charge < -0.3 is 15.0 Å². The van der Waals surface area contributed by atoms with Gasteiger partial charge >= 0.3 is 0 Å². The Balaban J connectivity index is 1.58. The Morgan fingerprint density at radius 3 is 2.71 bits per heavy atom. The highest BCUT2D eigenvalue weighted by Crippen LogP contribution is 2.18. The third-order valence-electron chi connectivity index (χ3n) is 4.96. The van der Waals surface area contributed by atoms with Crippen LogP contribution in [0.3, 0.4) is 0 Å². The Kier molecular flexibility index (Phi) is 6.13. The summed E-state index contributed by atoms with van der Waals surface area (Å²) in [6, 6.07) is 1.92. The Labute approximate surface area is 164 Å². The molecule has 2 aromatic heterocycles. The summed E-state index contributed by atoms with van der Waals surface area (Å²) in [7, 11) is 0. The minimum Gasteiger partial charge on any atom is -0.365 e. The lowest BCUT2D eigenvalue weighted by atomic mass is 10.1. The van der Waals surface area contributed by atoms with Gasteiger partial charge in [-0.3, -0.25) is 19.0 Å². The Hall–Kier alpha value is -2.68. The number of hydrogen-bond acceptors (Lipinski definition) is 5. The molecule has 1 saturated heterocycles. The zero-order valence-electron chi connectivity index (χ0n) is 16.9. The van der Waals surface area contributed by atoms with E-state index in [0.717, 1.165) is 11.4 Å². The normalized spacial score (nSPS) is 17.0. The van der Waals surface area contributed by atoms with Crippen LogP contribution in [0.25, 0.3) is 0 Å². The van der Waals surface area contributed by atoms with Crippen molar-refractivity contribution in [2.24, 2.45) is 0 Å². The second kappa shape index (κ2) is 8.55. The van der Waals surface area contributed by atoms with Gasteiger partial charge in [-0.2, -0.15) is 10.2 Å². The smallest absolute Gasteiger partial charge is 0.257 e. The number of rotatable bonds is 6. The molecule has 0 radical (unpaired) electrons. The molecule has 2 amide bonds. The highest BCUT2D eigenvalue weighted by molar-refractivity contribution is 5.97. The number of carbonyl (C=O) groups is 2. The molecule has 1 atom stereocenters. The van der Waals surface area contributed by atoms with Crippen LogP contribution in [0.1, 0.15) is 34.4 Å². The first kappa shape index (κ1) is 20.1. The van der Waals surface area contributed by atoms with E-state index >= 15 is 0 Å². The number of ether oxygens (including phenoxy) is 1. The molecule has 0 aromatic carbocycles. The van der Waals surface area contributed by atoms with Crippen LogP contribution in [0.2, 0.25) is 0 Å². The molecular formula is C19H28N6O3. The maximum absolute atomic E-state index is 13.0. The van der Waals surface area contributed by atoms with E-state index in [1.807, 2.05) is 44.6 Å². The molecule has 28 heavy (non-hydrogen) atoms. The van der Waals surface area contributed by atoms with Crippen molar-refractivity contribution in [3.63, 3.8) is 0 Å². The molecule has 1 aliphatic rings. The van der Waals surface area contributed by atoms with Gasteiger partial charge in [-0.25, -0.2) is 0 Å². The summed E-state index contributed by atoms with van der Waals surface area (Å²) in [6.45, 7) is 10.4. The summed E-state index contributed by atoms with van der Waals surface area (Å²) in [5, 5.41) is 11.6. The molecule has 9 heteroatoms. The molecule has 0 spiro atoms. The third-order valence-corrected chi connectivity index (χ3v) is 4.96. The first-order valence-electron chi connectivity index (χ1n) is 9.63. The molecule has 1 unspecified atom stereocenters. The average molecular weight is 388 g/mol. The lowest BCUT2D eigenvalue weighted by Crippen LogP contribution is -2.52. The quantitative estimate of drug-likeness (QED) is 0.785. The largest absolute Gasteiger partial charge is 0.365 e. The molecule has 152 valence electrons. The van der Waals surface area contributed by atoms with Crippen molar-refractivity contribution in [3.05, 3.63) is 34.9 Å². The fourth-order valence-corrected chi connectivity index (χ4v) is 3.46. The Morgan fingerprint density at radius 2 is 2.07 bits per heavy atom. The van der Waals surface area contributed by atoms with Crippen molar-refractivity contribution in [1.82, 2.24) is 29.8 Å². The molecular weight excluding hydrogens is 360 g/mol. The average Bonchev–Trinajstić information content (AvgIpc) is 3.23. The molecule has 0 bridgehead atoms. The van der Waals surface area contributed by atoms with Crippen LogP contribution in [0.5, 0.6) is 0 Å². The number of nitrogens with one attached hydrogen (secondary N) is 1. The predicted molar refractivity (Wildman–Crippen MR) is 103 cm³/mol. The van der Waals surface area contributed by atoms with Gasteiger partial charge in [0, 0.05) is 31.5 Å². The highest BCUT2D eigenvalue weighted by Gasteiger charge is 2.31. The molecule has 1 N–H and O–H groups in total. The fourth-order valence-electron chi connectivity index (χ4n) is 3.46. The summed E-state index contributed by atoms with van der Waals surface area (Å²) in [5.41, 5.74) is 3.13. The zero-order chi connectivity index (χ0) is 20.3. The Bertz CT molecular complexity index is 856. The minimum atomic E-state index is -0.668. The van der Waals surface area contributed by atoms with Crippen LogP contribution in [0, 0.1) is 20.8 Å². The summed E-state index contributed by atoms with van der Waals surface area (Å²) in [5.74, 6) is -0.304. The molecule has 3 rings (SSSR count). The van der Waals surface area contributed by atoms with Crippen molar-refractivity contribution in [2.75, 3.05) is 26.2 Å². The van der Waals surface area contributed by atoms with Crippen LogP contribution < -0.4 is 5.32 Å². The number of hydrogen-bond donors (Lipinski definition) is 1. The van der Waals surface area contributed by atoms with Gasteiger partial charge in [0.1, 0.15) is 0 Å². The first-order chi connectivity index (χ1) is 13.4. The van der Waals surface area contributed by atoms with Gasteiger partial charge in [0.25, 0.3) is 11.8 Å². The van der Waals surface area contributed by atoms with Crippen molar-refractivity contribution < 1.29 is 14.3 Å². The molecule has 9 nitrogen and oxygen atoms in total. The van der Waals surface area contributed by atoms with E-state index in [1.165, 1.54) is 0 Å². The van der Waals surface area contributed by atoms with Crippen LogP contribution in [-0.2, 0) is 22.6 Å². The SMILES string of the molecule is CCn1nc(C)c(C(=O)N2CCOC(C(=O)NCCn3ccc(C)n3)C2)c1C. The van der Waals surface area contributed by atoms with Crippen molar-refractivity contribution in [1.29, 1.82) is 0 Å². The summed E-state index contributed by atoms with van der Waals surface area (Å²) in [4.78, 5) is 27.2. The minimum absolute atomic E-state index is 0.0946. The van der Waals surface area contributed by atoms with Gasteiger partial charge in [-0.15, -0.1) is 0 Å². The molecule has 3 heterocycles. The maximum Gasteiger partial charge on any atom is 0.257 e. The van der Waals surface area contributed by atoms with Crippen LogP contribution in [-0.4, -0.2) is 68.6 Å². The first-order valence-corrected chi connectivity index (χ1v) is 9.63. The van der Waals surface area contributed by atoms with Crippen LogP contribution in [0.4, 0.5) is 0 Å². The van der Waals surface area contributed by atoms with Gasteiger partial charge in [-0.05, 0) is 33.8 Å². The van der Waals surface area contributed by atoms with Gasteiger partial charge in [0.05, 0.1) is 36.6 Å². The number of carbonyl (C=O) groups excluding carboxylic acids is 2. The van der Waals surface area contributed by atoms with E-state index in [2.05, 4.69) is 15.5 Å². The monoisotopic (exact) mass is 388 g/mol. The summed E-state index contributed by atoms with van der Waals surface area (Å²) >= 11 is 0. The van der Waals surface area contributed by atoms with E-state index in [4.69, 9.17) is 4.74 Å². The number of morpholine rings is 1. The van der Waals surface area contributed by atoms with Gasteiger partial charge in [0.2, 0.25) is 0 Å². The lowest BCUT2D eigenvalue weighted by molar-refractivity contribution is -0.137. The molecule has 1 aliphatic heterocycles. The number of aryl methyl sites for hydroxylation is 3. The van der Waals surface area contributed by atoms with Gasteiger partial charge in [0.15, 0.2) is 6.10 Å². The topological polar surface area (TPSA) is 94.3 Å². The van der Waals surface area contributed by atoms with Crippen LogP contribution >= 0.6 is 0 Å². The van der Waals surface area contributed by atoms with E-state index in [-0.39, 0.29) is 18.4 Å². The molecule has 1 fully saturated rings. The summed E-state index contributed by atoms with van der Waals surface area (Å²) < 4.78 is 9.21. The highest BCUT2D eigenvalue weighted by atomic mass is 16.5. The van der Waals surface area contributed by atoms with Crippen LogP contribution in [0.15, 0.2) is 12.3 Å². The standard InChI is InChI=1S/C19H28N6O3/c1-5-25-15(4)17(14(3)22-25)19(27)23-10-11-28-16(12-23)18(26)20-7-9-24-8-6-13(2)21-24/h6,8,16H,5,7,9-12H2,1-4H3,(H,20,26). The van der Waals surface area contributed by atoms with Crippen molar-refractivity contribution in [3.8, 4) is 0 Å². The number of amides is 2. The second-order valence-electron chi connectivity index (χ2n) is 6.98. The fraction of sp³-hybridized carbons (Fsp3) is 0.579. The maximum atomic E-state index is 13.0. The van der Waals surface area contributed by atoms with Crippen molar-refractivity contribution in [2.45, 2.75) is 46.9 Å². The van der Waals surface area contributed by atoms with E-state index in [9.17, 15) is 9.59 Å². The van der Waals surface area contributed by atoms with Crippen molar-refractivity contribution >= 4 is 11.8 Å². The summed E-state index contributed by atoms with van der Waals surface area (Å²) in [6.07, 6.45) is 1.21. The van der Waals surface area contributed by atoms with E-state index < -0.39 is 6.10 Å². The predicted octanol–water partition coefficient (Wildman–Crippen LogP) is 0.682. The molecule has 0 aliphatic carbocycles. The van der Waals surface area contributed by atoms with Gasteiger partial charge in [-0.1, -0.05) is 0 Å². The number of nitrogens with zero attached hydrogens (tertiary/aromatic N) is 5.